The Morgan fingerprint density at radius 3 is 2.52 bits per heavy atom. The third-order valence-electron chi connectivity index (χ3n) is 4.19. The molecule has 140 valence electrons. The van der Waals surface area contributed by atoms with Crippen molar-refractivity contribution in [2.45, 2.75) is 20.4 Å². The Kier molecular flexibility index (Phi) is 4.99. The maximum Gasteiger partial charge on any atom is 0.341 e. The van der Waals surface area contributed by atoms with Gasteiger partial charge in [-0.25, -0.2) is 4.79 Å². The number of aromatic nitrogens is 2. The number of fused-ring (bicyclic) bond motifs is 1. The Hall–Kier alpha value is -2.77. The first-order valence-corrected chi connectivity index (χ1v) is 8.75. The Bertz CT molecular complexity index is 1150. The number of nitrogens with one attached hydrogen (secondary N) is 2. The molecule has 0 aliphatic rings. The second-order valence-electron chi connectivity index (χ2n) is 5.90. The highest BCUT2D eigenvalue weighted by molar-refractivity contribution is 6.44. The van der Waals surface area contributed by atoms with Gasteiger partial charge >= 0.3 is 5.97 Å². The van der Waals surface area contributed by atoms with E-state index in [1.54, 1.807) is 17.6 Å². The van der Waals surface area contributed by atoms with E-state index in [1.807, 2.05) is 6.92 Å². The van der Waals surface area contributed by atoms with E-state index in [2.05, 4.69) is 10.3 Å². The van der Waals surface area contributed by atoms with Gasteiger partial charge in [0.1, 0.15) is 11.3 Å². The van der Waals surface area contributed by atoms with Gasteiger partial charge in [-0.3, -0.25) is 9.59 Å². The van der Waals surface area contributed by atoms with Gasteiger partial charge in [0.25, 0.3) is 5.91 Å². The van der Waals surface area contributed by atoms with Crippen LogP contribution < -0.4 is 10.7 Å². The zero-order valence-corrected chi connectivity index (χ0v) is 15.9. The Morgan fingerprint density at radius 2 is 1.96 bits per heavy atom. The molecule has 9 heteroatoms. The average molecular weight is 408 g/mol. The zero-order chi connectivity index (χ0) is 19.9. The molecule has 1 amide bonds. The average Bonchev–Trinajstić information content (AvgIpc) is 2.89. The minimum Gasteiger partial charge on any atom is -0.477 e. The summed E-state index contributed by atoms with van der Waals surface area (Å²) in [5.41, 5.74) is 0.771. The lowest BCUT2D eigenvalue weighted by Gasteiger charge is -2.12. The molecule has 1 aromatic carbocycles. The summed E-state index contributed by atoms with van der Waals surface area (Å²) in [5.74, 6) is -1.77. The molecule has 0 aliphatic carbocycles. The number of carbonyl (C=O) groups excluding carboxylic acids is 1. The summed E-state index contributed by atoms with van der Waals surface area (Å²) in [6.45, 7) is 3.97. The fraction of sp³-hybridized carbons (Fsp3) is 0.167. The van der Waals surface area contributed by atoms with E-state index in [-0.39, 0.29) is 26.7 Å². The summed E-state index contributed by atoms with van der Waals surface area (Å²) in [5, 5.41) is 12.6. The molecular formula is C18H15Cl2N3O4. The van der Waals surface area contributed by atoms with Gasteiger partial charge in [0.15, 0.2) is 0 Å². The monoisotopic (exact) mass is 407 g/mol. The van der Waals surface area contributed by atoms with Crippen LogP contribution in [-0.2, 0) is 6.54 Å². The molecule has 0 aliphatic heterocycles. The lowest BCUT2D eigenvalue weighted by Crippen LogP contribution is -2.19. The molecule has 0 fully saturated rings. The highest BCUT2D eigenvalue weighted by Crippen LogP contribution is 2.29. The van der Waals surface area contributed by atoms with Crippen LogP contribution in [0.25, 0.3) is 10.9 Å². The van der Waals surface area contributed by atoms with Gasteiger partial charge in [0.05, 0.1) is 15.6 Å². The maximum absolute atomic E-state index is 12.5. The highest BCUT2D eigenvalue weighted by atomic mass is 35.5. The molecule has 0 unspecified atom stereocenters. The molecular weight excluding hydrogens is 393 g/mol. The molecule has 3 N–H and O–H groups in total. The first kappa shape index (κ1) is 19.0. The van der Waals surface area contributed by atoms with Crippen LogP contribution in [0.4, 0.5) is 5.69 Å². The third kappa shape index (κ3) is 3.31. The predicted octanol–water partition coefficient (Wildman–Crippen LogP) is 3.92. The van der Waals surface area contributed by atoms with E-state index >= 15 is 0 Å². The minimum atomic E-state index is -1.28. The van der Waals surface area contributed by atoms with Crippen molar-refractivity contribution >= 4 is 51.7 Å². The minimum absolute atomic E-state index is 0.129. The van der Waals surface area contributed by atoms with E-state index in [4.69, 9.17) is 23.2 Å². The number of carboxylic acid groups (broad SMARTS) is 1. The number of pyridine rings is 1. The van der Waals surface area contributed by atoms with Crippen molar-refractivity contribution in [2.24, 2.45) is 0 Å². The van der Waals surface area contributed by atoms with Gasteiger partial charge in [-0.15, -0.1) is 0 Å². The molecule has 0 radical (unpaired) electrons. The number of carboxylic acids is 1. The van der Waals surface area contributed by atoms with Crippen molar-refractivity contribution in [3.8, 4) is 0 Å². The number of H-pyrrole nitrogens is 1. The van der Waals surface area contributed by atoms with E-state index in [9.17, 15) is 19.5 Å². The Labute approximate surface area is 163 Å². The van der Waals surface area contributed by atoms with Crippen molar-refractivity contribution in [1.29, 1.82) is 0 Å². The summed E-state index contributed by atoms with van der Waals surface area (Å²) in [6, 6.07) is 4.62. The summed E-state index contributed by atoms with van der Waals surface area (Å²) in [6.07, 6.45) is 1.30. The molecule has 0 spiro atoms. The lowest BCUT2D eigenvalue weighted by molar-refractivity contribution is 0.0694. The normalized spacial score (nSPS) is 11.0. The lowest BCUT2D eigenvalue weighted by atomic mass is 10.1. The molecule has 3 aromatic rings. The van der Waals surface area contributed by atoms with Crippen molar-refractivity contribution in [1.82, 2.24) is 9.55 Å². The summed E-state index contributed by atoms with van der Waals surface area (Å²) >= 11 is 12.1. The number of amides is 1. The predicted molar refractivity (Wildman–Crippen MR) is 104 cm³/mol. The van der Waals surface area contributed by atoms with E-state index < -0.39 is 17.3 Å². The van der Waals surface area contributed by atoms with Crippen molar-refractivity contribution in [3.05, 3.63) is 61.6 Å². The quantitative estimate of drug-likeness (QED) is 0.609. The topological polar surface area (TPSA) is 104 Å². The number of nitrogens with zero attached hydrogens (tertiary/aromatic N) is 1. The van der Waals surface area contributed by atoms with E-state index in [0.717, 1.165) is 0 Å². The number of carbonyl (C=O) groups is 2. The standard InChI is InChI=1S/C18H15Cl2N3O4/c1-3-23-7-11(18(26)27)16(24)10-5-4-9(6-12(10)23)22-17(25)15-14(20)13(19)8(2)21-15/h4-7,21H,3H2,1-2H3,(H,22,25)(H,26,27). The van der Waals surface area contributed by atoms with Gasteiger partial charge in [-0.1, -0.05) is 23.2 Å². The van der Waals surface area contributed by atoms with Gasteiger partial charge in [0.2, 0.25) is 5.43 Å². The molecule has 3 rings (SSSR count). The third-order valence-corrected chi connectivity index (χ3v) is 5.14. The summed E-state index contributed by atoms with van der Waals surface area (Å²) in [4.78, 5) is 38.9. The number of benzene rings is 1. The number of aromatic amines is 1. The molecule has 0 bridgehead atoms. The van der Waals surface area contributed by atoms with Crippen LogP contribution in [0.5, 0.6) is 0 Å². The molecule has 0 saturated carbocycles. The molecule has 0 atom stereocenters. The zero-order valence-electron chi connectivity index (χ0n) is 14.4. The van der Waals surface area contributed by atoms with Crippen molar-refractivity contribution in [3.63, 3.8) is 0 Å². The van der Waals surface area contributed by atoms with Crippen LogP contribution in [0, 0.1) is 6.92 Å². The van der Waals surface area contributed by atoms with Gasteiger partial charge in [-0.05, 0) is 32.0 Å². The molecule has 2 heterocycles. The molecule has 7 nitrogen and oxygen atoms in total. The number of aryl methyl sites for hydroxylation is 2. The molecule has 0 saturated heterocycles. The number of rotatable bonds is 4. The van der Waals surface area contributed by atoms with Gasteiger partial charge in [0, 0.05) is 29.5 Å². The van der Waals surface area contributed by atoms with Crippen molar-refractivity contribution < 1.29 is 14.7 Å². The number of hydrogen-bond acceptors (Lipinski definition) is 3. The fourth-order valence-corrected chi connectivity index (χ4v) is 3.22. The Morgan fingerprint density at radius 1 is 1.26 bits per heavy atom. The number of hydrogen-bond donors (Lipinski definition) is 3. The number of aromatic carboxylic acids is 1. The first-order chi connectivity index (χ1) is 12.7. The van der Waals surface area contributed by atoms with Crippen LogP contribution in [0.2, 0.25) is 10.0 Å². The second-order valence-corrected chi connectivity index (χ2v) is 6.66. The summed E-state index contributed by atoms with van der Waals surface area (Å²) in [7, 11) is 0. The first-order valence-electron chi connectivity index (χ1n) is 8.00. The largest absolute Gasteiger partial charge is 0.477 e. The van der Waals surface area contributed by atoms with E-state index in [1.165, 1.54) is 18.3 Å². The number of halogens is 2. The van der Waals surface area contributed by atoms with Gasteiger partial charge < -0.3 is 20.0 Å². The second kappa shape index (κ2) is 7.09. The number of anilines is 1. The maximum atomic E-state index is 12.5. The molecule has 27 heavy (non-hydrogen) atoms. The fourth-order valence-electron chi connectivity index (χ4n) is 2.80. The van der Waals surface area contributed by atoms with Crippen LogP contribution >= 0.6 is 23.2 Å². The summed E-state index contributed by atoms with van der Waals surface area (Å²) < 4.78 is 1.64. The smallest absolute Gasteiger partial charge is 0.341 e. The SMILES string of the molecule is CCn1cc(C(=O)O)c(=O)c2ccc(NC(=O)c3[nH]c(C)c(Cl)c3Cl)cc21. The highest BCUT2D eigenvalue weighted by Gasteiger charge is 2.19. The molecule has 2 aromatic heterocycles. The van der Waals surface area contributed by atoms with Gasteiger partial charge in [-0.2, -0.15) is 0 Å². The van der Waals surface area contributed by atoms with Crippen LogP contribution in [-0.4, -0.2) is 26.5 Å². The van der Waals surface area contributed by atoms with Crippen molar-refractivity contribution in [2.75, 3.05) is 5.32 Å². The Balaban J connectivity index is 2.05. The van der Waals surface area contributed by atoms with Crippen LogP contribution in [0.1, 0.15) is 33.5 Å². The van der Waals surface area contributed by atoms with Crippen LogP contribution in [0.3, 0.4) is 0 Å². The van der Waals surface area contributed by atoms with E-state index in [0.29, 0.717) is 23.4 Å². The van der Waals surface area contributed by atoms with Crippen LogP contribution in [0.15, 0.2) is 29.2 Å².